The van der Waals surface area contributed by atoms with Gasteiger partial charge in [-0.3, -0.25) is 0 Å². The first kappa shape index (κ1) is 32.6. The highest BCUT2D eigenvalue weighted by Gasteiger charge is 2.30. The van der Waals surface area contributed by atoms with Crippen LogP contribution in [0.5, 0.6) is 0 Å². The summed E-state index contributed by atoms with van der Waals surface area (Å²) in [5.41, 5.74) is 12.9. The van der Waals surface area contributed by atoms with Gasteiger partial charge in [0.25, 0.3) is 0 Å². The maximum Gasteiger partial charge on any atom is 0.164 e. The van der Waals surface area contributed by atoms with Crippen LogP contribution in [0.3, 0.4) is 0 Å². The Labute approximate surface area is 335 Å². The van der Waals surface area contributed by atoms with Crippen molar-refractivity contribution < 1.29 is 4.42 Å². The standard InChI is InChI=1S/C53H34N4O/c1-3-15-34(16-4-1)38-21-11-24-41-39-22-12-23-40-42(30-31-45(48(39)40)57(50(38)41)37-18-5-2-6-19-37)52-54-51(36-29-28-33-14-7-8-17-35(33)32-36)55-53(56-52)44-25-13-27-47-49(44)43-20-9-10-26-46(43)58-47/h1-9,11-25,27-32H,10,26H2. The molecular formula is C53H34N4O. The summed E-state index contributed by atoms with van der Waals surface area (Å²) in [7, 11) is 0. The lowest BCUT2D eigenvalue weighted by molar-refractivity contribution is 0.546. The maximum atomic E-state index is 6.42. The van der Waals surface area contributed by atoms with Crippen molar-refractivity contribution in [2.24, 2.45) is 0 Å². The van der Waals surface area contributed by atoms with E-state index in [2.05, 4.69) is 175 Å². The average molecular weight is 743 g/mol. The van der Waals surface area contributed by atoms with E-state index in [-0.39, 0.29) is 0 Å². The Morgan fingerprint density at radius 3 is 2.07 bits per heavy atom. The number of rotatable bonds is 5. The number of allylic oxidation sites excluding steroid dienone is 1. The summed E-state index contributed by atoms with van der Waals surface area (Å²) in [4.78, 5) is 18.4. The summed E-state index contributed by atoms with van der Waals surface area (Å²) in [6, 6.07) is 60.1. The second-order valence-corrected chi connectivity index (χ2v) is 15.0. The van der Waals surface area contributed by atoms with Gasteiger partial charge in [0.15, 0.2) is 17.5 Å². The van der Waals surface area contributed by atoms with Crippen molar-refractivity contribution in [1.29, 1.82) is 0 Å². The smallest absolute Gasteiger partial charge is 0.164 e. The third-order valence-electron chi connectivity index (χ3n) is 11.7. The van der Waals surface area contributed by atoms with E-state index in [4.69, 9.17) is 19.4 Å². The molecule has 1 aliphatic heterocycles. The molecule has 5 heteroatoms. The van der Waals surface area contributed by atoms with Gasteiger partial charge in [0.1, 0.15) is 11.3 Å². The van der Waals surface area contributed by atoms with Crippen LogP contribution in [0.1, 0.15) is 17.7 Å². The molecule has 5 nitrogen and oxygen atoms in total. The highest BCUT2D eigenvalue weighted by Crippen LogP contribution is 2.55. The molecule has 58 heavy (non-hydrogen) atoms. The first-order valence-electron chi connectivity index (χ1n) is 19.8. The van der Waals surface area contributed by atoms with Crippen LogP contribution in [0, 0.1) is 0 Å². The van der Waals surface area contributed by atoms with Crippen molar-refractivity contribution in [3.63, 3.8) is 0 Å². The molecule has 272 valence electrons. The van der Waals surface area contributed by atoms with Crippen LogP contribution in [0.15, 0.2) is 180 Å². The first-order valence-corrected chi connectivity index (χ1v) is 19.8. The number of furan rings is 1. The molecule has 0 amide bonds. The fourth-order valence-electron chi connectivity index (χ4n) is 9.07. The molecule has 0 atom stereocenters. The SMILES string of the molecule is C1=Cc2c(oc3cccc(-c4nc(-c5ccc6ccccc6c5)nc(-c5ccc6c7c(cccc57)-c5cccc(-c7ccccc7)c5N6c5ccccc5)n4)c23)CC1. The van der Waals surface area contributed by atoms with Crippen molar-refractivity contribution in [3.05, 3.63) is 187 Å². The van der Waals surface area contributed by atoms with Gasteiger partial charge in [-0.05, 0) is 70.1 Å². The molecule has 12 rings (SSSR count). The first-order chi connectivity index (χ1) is 28.8. The second-order valence-electron chi connectivity index (χ2n) is 15.0. The van der Waals surface area contributed by atoms with E-state index in [9.17, 15) is 0 Å². The van der Waals surface area contributed by atoms with Crippen molar-refractivity contribution in [2.45, 2.75) is 12.8 Å². The van der Waals surface area contributed by atoms with Crippen LogP contribution >= 0.6 is 0 Å². The highest BCUT2D eigenvalue weighted by atomic mass is 16.3. The van der Waals surface area contributed by atoms with Crippen molar-refractivity contribution in [2.75, 3.05) is 4.90 Å². The lowest BCUT2D eigenvalue weighted by Crippen LogP contribution is -2.16. The summed E-state index contributed by atoms with van der Waals surface area (Å²) in [5, 5.41) is 5.58. The predicted octanol–water partition coefficient (Wildman–Crippen LogP) is 14.0. The van der Waals surface area contributed by atoms with E-state index in [0.29, 0.717) is 17.5 Å². The topological polar surface area (TPSA) is 55.1 Å². The van der Waals surface area contributed by atoms with Gasteiger partial charge in [0.2, 0.25) is 0 Å². The number of aromatic nitrogens is 3. The van der Waals surface area contributed by atoms with Gasteiger partial charge >= 0.3 is 0 Å². The Balaban J connectivity index is 1.13. The van der Waals surface area contributed by atoms with Gasteiger partial charge < -0.3 is 9.32 Å². The fourth-order valence-corrected chi connectivity index (χ4v) is 9.07. The number of benzene rings is 8. The third kappa shape index (κ3) is 5.07. The van der Waals surface area contributed by atoms with Crippen LogP contribution in [-0.4, -0.2) is 15.0 Å². The molecule has 8 aromatic carbocycles. The zero-order valence-electron chi connectivity index (χ0n) is 31.4. The molecule has 0 spiro atoms. The number of aryl methyl sites for hydroxylation is 1. The molecule has 2 aliphatic rings. The number of anilines is 3. The van der Waals surface area contributed by atoms with Gasteiger partial charge in [-0.25, -0.2) is 15.0 Å². The molecule has 3 heterocycles. The van der Waals surface area contributed by atoms with Gasteiger partial charge in [0.05, 0.1) is 11.4 Å². The largest absolute Gasteiger partial charge is 0.460 e. The minimum atomic E-state index is 0.616. The molecule has 0 radical (unpaired) electrons. The van der Waals surface area contributed by atoms with Crippen LogP contribution in [0.2, 0.25) is 0 Å². The Bertz CT molecular complexity index is 3290. The zero-order valence-corrected chi connectivity index (χ0v) is 31.4. The molecule has 1 aliphatic carbocycles. The van der Waals surface area contributed by atoms with E-state index < -0.39 is 0 Å². The molecule has 0 N–H and O–H groups in total. The summed E-state index contributed by atoms with van der Waals surface area (Å²) in [5.74, 6) is 2.87. The number of hydrogen-bond acceptors (Lipinski definition) is 5. The summed E-state index contributed by atoms with van der Waals surface area (Å²) in [6.07, 6.45) is 6.26. The van der Waals surface area contributed by atoms with Crippen molar-refractivity contribution in [1.82, 2.24) is 15.0 Å². The molecule has 0 saturated heterocycles. The monoisotopic (exact) mass is 742 g/mol. The zero-order chi connectivity index (χ0) is 38.2. The van der Waals surface area contributed by atoms with Gasteiger partial charge in [-0.15, -0.1) is 0 Å². The second kappa shape index (κ2) is 13.0. The fraction of sp³-hybridized carbons (Fsp3) is 0.0377. The number of hydrogen-bond donors (Lipinski definition) is 0. The van der Waals surface area contributed by atoms with Crippen LogP contribution in [-0.2, 0) is 6.42 Å². The maximum absolute atomic E-state index is 6.42. The minimum Gasteiger partial charge on any atom is -0.460 e. The van der Waals surface area contributed by atoms with E-state index >= 15 is 0 Å². The van der Waals surface area contributed by atoms with E-state index in [1.807, 2.05) is 12.1 Å². The quantitative estimate of drug-likeness (QED) is 0.176. The number of para-hydroxylation sites is 2. The average Bonchev–Trinajstić information content (AvgIpc) is 3.68. The van der Waals surface area contributed by atoms with Crippen LogP contribution < -0.4 is 4.90 Å². The summed E-state index contributed by atoms with van der Waals surface area (Å²) < 4.78 is 6.42. The van der Waals surface area contributed by atoms with E-state index in [0.717, 1.165) is 79.4 Å². The summed E-state index contributed by atoms with van der Waals surface area (Å²) >= 11 is 0. The molecule has 0 unspecified atom stereocenters. The van der Waals surface area contributed by atoms with Gasteiger partial charge in [-0.1, -0.05) is 146 Å². The molecule has 0 fully saturated rings. The van der Waals surface area contributed by atoms with Gasteiger partial charge in [0, 0.05) is 56.3 Å². The molecule has 0 bridgehead atoms. The van der Waals surface area contributed by atoms with Crippen molar-refractivity contribution in [3.8, 4) is 56.4 Å². The van der Waals surface area contributed by atoms with E-state index in [1.165, 1.54) is 33.3 Å². The number of nitrogens with zero attached hydrogens (tertiary/aromatic N) is 4. The van der Waals surface area contributed by atoms with E-state index in [1.54, 1.807) is 0 Å². The molecule has 2 aromatic heterocycles. The lowest BCUT2D eigenvalue weighted by atomic mass is 9.86. The summed E-state index contributed by atoms with van der Waals surface area (Å²) in [6.45, 7) is 0. The molecule has 10 aromatic rings. The normalized spacial score (nSPS) is 12.9. The Kier molecular flexibility index (Phi) is 7.29. The van der Waals surface area contributed by atoms with Crippen LogP contribution in [0.4, 0.5) is 17.1 Å². The Hall–Kier alpha value is -7.63. The highest BCUT2D eigenvalue weighted by molar-refractivity contribution is 6.19. The number of fused-ring (bicyclic) bond motifs is 6. The predicted molar refractivity (Wildman–Crippen MR) is 237 cm³/mol. The van der Waals surface area contributed by atoms with Crippen LogP contribution in [0.25, 0.3) is 95.0 Å². The molecular weight excluding hydrogens is 709 g/mol. The third-order valence-corrected chi connectivity index (χ3v) is 11.7. The minimum absolute atomic E-state index is 0.616. The van der Waals surface area contributed by atoms with Gasteiger partial charge in [-0.2, -0.15) is 0 Å². The van der Waals surface area contributed by atoms with Crippen molar-refractivity contribution >= 4 is 55.7 Å². The molecule has 0 saturated carbocycles. The lowest BCUT2D eigenvalue weighted by Gasteiger charge is -2.35. The Morgan fingerprint density at radius 1 is 0.483 bits per heavy atom. The Morgan fingerprint density at radius 2 is 1.19 bits per heavy atom.